The average Bonchev–Trinajstić information content (AvgIpc) is 3.34. The zero-order chi connectivity index (χ0) is 22.4. The van der Waals surface area contributed by atoms with Gasteiger partial charge in [0.05, 0.1) is 28.6 Å². The molecule has 5 rings (SSSR count). The Labute approximate surface area is 190 Å². The van der Waals surface area contributed by atoms with Gasteiger partial charge in [0.25, 0.3) is 0 Å². The lowest BCUT2D eigenvalue weighted by atomic mass is 9.94. The third kappa shape index (κ3) is 3.06. The summed E-state index contributed by atoms with van der Waals surface area (Å²) in [6.07, 6.45) is 4.77. The number of ether oxygens (including phenoxy) is 1. The van der Waals surface area contributed by atoms with E-state index < -0.39 is 11.0 Å². The van der Waals surface area contributed by atoms with Gasteiger partial charge in [-0.25, -0.2) is 4.21 Å². The fraction of sp³-hybridized carbons (Fsp3) is 0.320. The second-order valence-electron chi connectivity index (χ2n) is 8.23. The van der Waals surface area contributed by atoms with Gasteiger partial charge in [-0.1, -0.05) is 31.5 Å². The van der Waals surface area contributed by atoms with Crippen molar-refractivity contribution in [3.8, 4) is 11.8 Å². The molecule has 0 aliphatic carbocycles. The van der Waals surface area contributed by atoms with E-state index in [0.717, 1.165) is 53.4 Å². The Morgan fingerprint density at radius 2 is 2.09 bits per heavy atom. The Morgan fingerprint density at radius 1 is 1.28 bits per heavy atom. The van der Waals surface area contributed by atoms with Crippen molar-refractivity contribution in [2.75, 3.05) is 13.7 Å². The molecule has 0 saturated carbocycles. The van der Waals surface area contributed by atoms with E-state index in [9.17, 15) is 9.47 Å². The van der Waals surface area contributed by atoms with Crippen LogP contribution >= 0.6 is 0 Å². The highest BCUT2D eigenvalue weighted by Gasteiger charge is 2.28. The van der Waals surface area contributed by atoms with Crippen molar-refractivity contribution in [3.63, 3.8) is 0 Å². The highest BCUT2D eigenvalue weighted by Crippen LogP contribution is 2.40. The standard InChI is InChI=1S/C25H26N4O2S/c1-4-7-20-24-19-12-17(13-23(31-3)25(19)28(2)22(24)10-11-27-20)32(30)29-15-16(14-26)18-8-5-6-9-21(18)29/h5-6,8-9,12-13,15,20,27H,4,7,10-11H2,1-3H3. The number of hydrogen-bond acceptors (Lipinski definition) is 4. The maximum Gasteiger partial charge on any atom is 0.157 e. The lowest BCUT2D eigenvalue weighted by Crippen LogP contribution is -2.30. The number of rotatable bonds is 5. The fourth-order valence-corrected chi connectivity index (χ4v) is 6.24. The number of nitrogens with zero attached hydrogens (tertiary/aromatic N) is 3. The van der Waals surface area contributed by atoms with Crippen LogP contribution in [-0.2, 0) is 24.5 Å². The Hall–Kier alpha value is -3.08. The van der Waals surface area contributed by atoms with Crippen LogP contribution < -0.4 is 10.1 Å². The highest BCUT2D eigenvalue weighted by atomic mass is 32.2. The summed E-state index contributed by atoms with van der Waals surface area (Å²) in [5.41, 5.74) is 4.95. The van der Waals surface area contributed by atoms with Gasteiger partial charge in [-0.2, -0.15) is 5.26 Å². The number of nitrogens with one attached hydrogen (secondary N) is 1. The normalized spacial score (nSPS) is 16.8. The van der Waals surface area contributed by atoms with Crippen LogP contribution in [0.15, 0.2) is 47.5 Å². The number of para-hydroxylation sites is 1. The van der Waals surface area contributed by atoms with Crippen LogP contribution in [0.4, 0.5) is 0 Å². The first kappa shape index (κ1) is 20.8. The number of hydrogen-bond donors (Lipinski definition) is 1. The van der Waals surface area contributed by atoms with Crippen LogP contribution in [0.5, 0.6) is 5.75 Å². The average molecular weight is 447 g/mol. The number of methoxy groups -OCH3 is 1. The summed E-state index contributed by atoms with van der Waals surface area (Å²) < 4.78 is 23.5. The molecule has 0 amide bonds. The first-order chi connectivity index (χ1) is 15.6. The van der Waals surface area contributed by atoms with Crippen molar-refractivity contribution in [1.29, 1.82) is 5.26 Å². The summed E-state index contributed by atoms with van der Waals surface area (Å²) >= 11 is 0. The molecule has 0 saturated heterocycles. The molecule has 2 aromatic heterocycles. The van der Waals surface area contributed by atoms with Crippen molar-refractivity contribution < 1.29 is 8.95 Å². The minimum atomic E-state index is -1.52. The molecule has 2 atom stereocenters. The topological polar surface area (TPSA) is 72.0 Å². The summed E-state index contributed by atoms with van der Waals surface area (Å²) in [6, 6.07) is 14.0. The third-order valence-corrected chi connectivity index (χ3v) is 7.77. The largest absolute Gasteiger partial charge is 0.495 e. The molecule has 1 aliphatic rings. The van der Waals surface area contributed by atoms with Gasteiger partial charge in [0, 0.05) is 54.8 Å². The van der Waals surface area contributed by atoms with Crippen molar-refractivity contribution in [3.05, 3.63) is 59.4 Å². The molecule has 0 spiro atoms. The fourth-order valence-electron chi connectivity index (χ4n) is 5.04. The number of benzene rings is 2. The summed E-state index contributed by atoms with van der Waals surface area (Å²) in [6.45, 7) is 3.15. The maximum atomic E-state index is 13.8. The van der Waals surface area contributed by atoms with E-state index in [4.69, 9.17) is 4.74 Å². The molecule has 2 aromatic carbocycles. The van der Waals surface area contributed by atoms with Gasteiger partial charge >= 0.3 is 0 Å². The van der Waals surface area contributed by atoms with Gasteiger partial charge in [0.15, 0.2) is 11.0 Å². The molecule has 6 nitrogen and oxygen atoms in total. The summed E-state index contributed by atoms with van der Waals surface area (Å²) in [5.74, 6) is 0.718. The van der Waals surface area contributed by atoms with Crippen LogP contribution in [-0.4, -0.2) is 26.4 Å². The predicted octanol–water partition coefficient (Wildman–Crippen LogP) is 4.57. The first-order valence-electron chi connectivity index (χ1n) is 10.9. The molecule has 4 aromatic rings. The van der Waals surface area contributed by atoms with Gasteiger partial charge in [0.1, 0.15) is 11.8 Å². The molecule has 0 radical (unpaired) electrons. The van der Waals surface area contributed by atoms with Crippen LogP contribution in [0, 0.1) is 11.3 Å². The minimum Gasteiger partial charge on any atom is -0.495 e. The van der Waals surface area contributed by atoms with Crippen molar-refractivity contribution in [2.24, 2.45) is 7.05 Å². The van der Waals surface area contributed by atoms with Gasteiger partial charge in [-0.3, -0.25) is 3.97 Å². The third-order valence-electron chi connectivity index (χ3n) is 6.47. The van der Waals surface area contributed by atoms with E-state index in [-0.39, 0.29) is 6.04 Å². The summed E-state index contributed by atoms with van der Waals surface area (Å²) in [4.78, 5) is 0.661. The second kappa shape index (κ2) is 8.12. The van der Waals surface area contributed by atoms with Crippen molar-refractivity contribution in [1.82, 2.24) is 13.9 Å². The van der Waals surface area contributed by atoms with Gasteiger partial charge in [-0.15, -0.1) is 0 Å². The van der Waals surface area contributed by atoms with E-state index in [1.165, 1.54) is 11.3 Å². The van der Waals surface area contributed by atoms with Crippen LogP contribution in [0.25, 0.3) is 21.8 Å². The Balaban J connectivity index is 1.74. The minimum absolute atomic E-state index is 0.276. The number of nitriles is 1. The zero-order valence-corrected chi connectivity index (χ0v) is 19.3. The predicted molar refractivity (Wildman–Crippen MR) is 127 cm³/mol. The molecule has 1 N–H and O–H groups in total. The molecule has 164 valence electrons. The monoisotopic (exact) mass is 446 g/mol. The van der Waals surface area contributed by atoms with Crippen molar-refractivity contribution in [2.45, 2.75) is 37.1 Å². The lowest BCUT2D eigenvalue weighted by molar-refractivity contribution is 0.416. The Kier molecular flexibility index (Phi) is 5.28. The first-order valence-corrected chi connectivity index (χ1v) is 12.0. The molecule has 32 heavy (non-hydrogen) atoms. The van der Waals surface area contributed by atoms with E-state index in [1.807, 2.05) is 36.4 Å². The summed E-state index contributed by atoms with van der Waals surface area (Å²) in [5, 5.41) is 15.1. The van der Waals surface area contributed by atoms with E-state index in [1.54, 1.807) is 17.3 Å². The van der Waals surface area contributed by atoms with Crippen LogP contribution in [0.3, 0.4) is 0 Å². The molecule has 7 heteroatoms. The zero-order valence-electron chi connectivity index (χ0n) is 18.5. The van der Waals surface area contributed by atoms with Crippen LogP contribution in [0.1, 0.15) is 42.6 Å². The van der Waals surface area contributed by atoms with Crippen molar-refractivity contribution >= 4 is 32.8 Å². The SMILES string of the molecule is CCCC1NCCc2c1c1cc(S(=O)n3cc(C#N)c4ccccc43)cc(OC)c1n2C. The molecular weight excluding hydrogens is 420 g/mol. The smallest absolute Gasteiger partial charge is 0.157 e. The maximum absolute atomic E-state index is 13.8. The molecular formula is C25H26N4O2S. The lowest BCUT2D eigenvalue weighted by Gasteiger charge is -2.25. The van der Waals surface area contributed by atoms with Gasteiger partial charge in [0.2, 0.25) is 0 Å². The van der Waals surface area contributed by atoms with E-state index >= 15 is 0 Å². The quantitative estimate of drug-likeness (QED) is 0.487. The molecule has 2 unspecified atom stereocenters. The summed E-state index contributed by atoms with van der Waals surface area (Å²) in [7, 11) is 2.23. The molecule has 0 bridgehead atoms. The Bertz CT molecular complexity index is 1410. The number of aryl methyl sites for hydroxylation is 1. The van der Waals surface area contributed by atoms with Crippen LogP contribution in [0.2, 0.25) is 0 Å². The Morgan fingerprint density at radius 3 is 2.84 bits per heavy atom. The van der Waals surface area contributed by atoms with Gasteiger partial charge < -0.3 is 14.6 Å². The molecule has 1 aliphatic heterocycles. The highest BCUT2D eigenvalue weighted by molar-refractivity contribution is 7.83. The number of fused-ring (bicyclic) bond motifs is 4. The number of aromatic nitrogens is 2. The molecule has 3 heterocycles. The van der Waals surface area contributed by atoms with E-state index in [2.05, 4.69) is 29.9 Å². The molecule has 0 fully saturated rings. The van der Waals surface area contributed by atoms with Gasteiger partial charge in [-0.05, 0) is 24.1 Å². The van der Waals surface area contributed by atoms with E-state index in [0.29, 0.717) is 10.5 Å². The second-order valence-corrected chi connectivity index (χ2v) is 9.60.